The van der Waals surface area contributed by atoms with Crippen LogP contribution in [0.3, 0.4) is 0 Å². The molecule has 5 heteroatoms. The van der Waals surface area contributed by atoms with E-state index in [1.54, 1.807) is 0 Å². The van der Waals surface area contributed by atoms with Crippen LogP contribution in [0.2, 0.25) is 0 Å². The zero-order valence-electron chi connectivity index (χ0n) is 22.8. The van der Waals surface area contributed by atoms with Crippen molar-refractivity contribution >= 4 is 16.8 Å². The van der Waals surface area contributed by atoms with Gasteiger partial charge in [-0.05, 0) is 68.9 Å². The molecule has 1 unspecified atom stereocenters. The normalized spacial score (nSPS) is 17.1. The van der Waals surface area contributed by atoms with Gasteiger partial charge in [-0.15, -0.1) is 0 Å². The number of piperidine rings is 1. The number of carbonyl (C=O) groups excluding carboxylic acids is 1. The van der Waals surface area contributed by atoms with E-state index >= 15 is 0 Å². The number of nitrogens with one attached hydrogen (secondary N) is 1. The molecule has 1 aliphatic rings. The van der Waals surface area contributed by atoms with E-state index in [0.29, 0.717) is 12.3 Å². The molecule has 5 nitrogen and oxygen atoms in total. The number of fused-ring (bicyclic) bond motifs is 1. The first kappa shape index (κ1) is 26.4. The average molecular weight is 489 g/mol. The van der Waals surface area contributed by atoms with Gasteiger partial charge < -0.3 is 14.8 Å². The van der Waals surface area contributed by atoms with Crippen LogP contribution in [-0.4, -0.2) is 72.9 Å². The minimum Gasteiger partial charge on any atom is -0.361 e. The lowest BCUT2D eigenvalue weighted by Crippen LogP contribution is -2.50. The highest BCUT2D eigenvalue weighted by Gasteiger charge is 2.37. The molecule has 0 bridgehead atoms. The molecule has 1 atom stereocenters. The molecular weight excluding hydrogens is 444 g/mol. The Morgan fingerprint density at radius 3 is 2.33 bits per heavy atom. The summed E-state index contributed by atoms with van der Waals surface area (Å²) in [6.07, 6.45) is 5.95. The van der Waals surface area contributed by atoms with Crippen molar-refractivity contribution in [2.24, 2.45) is 5.92 Å². The second-order valence-corrected chi connectivity index (χ2v) is 11.1. The number of carbonyl (C=O) groups is 1. The smallest absolute Gasteiger partial charge is 0.222 e. The summed E-state index contributed by atoms with van der Waals surface area (Å²) in [4.78, 5) is 23.5. The summed E-state index contributed by atoms with van der Waals surface area (Å²) in [5.74, 6) is 0.861. The molecule has 0 saturated carbocycles. The van der Waals surface area contributed by atoms with Gasteiger partial charge in [0.05, 0.1) is 0 Å². The van der Waals surface area contributed by atoms with Crippen LogP contribution in [-0.2, 0) is 10.3 Å². The van der Waals surface area contributed by atoms with E-state index in [0.717, 1.165) is 51.0 Å². The fourth-order valence-corrected chi connectivity index (χ4v) is 5.99. The topological polar surface area (TPSA) is 42.6 Å². The number of amides is 1. The van der Waals surface area contributed by atoms with E-state index in [-0.39, 0.29) is 17.4 Å². The molecule has 1 N–H and O–H groups in total. The summed E-state index contributed by atoms with van der Waals surface area (Å²) in [6.45, 7) is 8.50. The van der Waals surface area contributed by atoms with Crippen LogP contribution < -0.4 is 0 Å². The van der Waals surface area contributed by atoms with Crippen LogP contribution in [0.1, 0.15) is 56.6 Å². The lowest BCUT2D eigenvalue weighted by Gasteiger charge is -2.46. The van der Waals surface area contributed by atoms with E-state index in [9.17, 15) is 4.79 Å². The Bertz CT molecular complexity index is 1110. The van der Waals surface area contributed by atoms with Crippen molar-refractivity contribution in [2.75, 3.05) is 47.3 Å². The van der Waals surface area contributed by atoms with Crippen LogP contribution >= 0.6 is 0 Å². The molecule has 36 heavy (non-hydrogen) atoms. The zero-order chi connectivity index (χ0) is 25.7. The molecule has 3 aromatic rings. The van der Waals surface area contributed by atoms with E-state index in [2.05, 4.69) is 104 Å². The molecule has 2 aromatic carbocycles. The highest BCUT2D eigenvalue weighted by Crippen LogP contribution is 2.37. The van der Waals surface area contributed by atoms with Crippen molar-refractivity contribution in [3.63, 3.8) is 0 Å². The molecule has 1 saturated heterocycles. The fraction of sp³-hybridized carbons (Fsp3) is 0.516. The maximum absolute atomic E-state index is 13.2. The monoisotopic (exact) mass is 488 g/mol. The molecule has 1 amide bonds. The van der Waals surface area contributed by atoms with Crippen molar-refractivity contribution < 1.29 is 4.79 Å². The predicted octanol–water partition coefficient (Wildman–Crippen LogP) is 5.70. The van der Waals surface area contributed by atoms with Crippen LogP contribution in [0.25, 0.3) is 10.9 Å². The SMILES string of the molecule is CC(C)C(CC(=O)N(C)CCCN1CCC(c2ccccc2)(N(C)C)CC1)c1c[nH]c2ccccc12. The van der Waals surface area contributed by atoms with Crippen molar-refractivity contribution in [1.82, 2.24) is 19.7 Å². The van der Waals surface area contributed by atoms with Crippen molar-refractivity contribution in [3.8, 4) is 0 Å². The van der Waals surface area contributed by atoms with Crippen molar-refractivity contribution in [2.45, 2.75) is 51.0 Å². The number of para-hydroxylation sites is 1. The highest BCUT2D eigenvalue weighted by atomic mass is 16.2. The van der Waals surface area contributed by atoms with Crippen LogP contribution in [0, 0.1) is 5.92 Å². The quantitative estimate of drug-likeness (QED) is 0.398. The largest absolute Gasteiger partial charge is 0.361 e. The minimum atomic E-state index is 0.124. The Balaban J connectivity index is 1.28. The number of nitrogens with zero attached hydrogens (tertiary/aromatic N) is 3. The summed E-state index contributed by atoms with van der Waals surface area (Å²) >= 11 is 0. The number of aromatic amines is 1. The highest BCUT2D eigenvalue weighted by molar-refractivity contribution is 5.85. The van der Waals surface area contributed by atoms with Crippen molar-refractivity contribution in [3.05, 3.63) is 71.9 Å². The number of aromatic nitrogens is 1. The second-order valence-electron chi connectivity index (χ2n) is 11.1. The molecule has 1 aromatic heterocycles. The first-order valence-electron chi connectivity index (χ1n) is 13.6. The molecule has 4 rings (SSSR count). The first-order valence-corrected chi connectivity index (χ1v) is 13.6. The maximum atomic E-state index is 13.2. The first-order chi connectivity index (χ1) is 17.3. The van der Waals surface area contributed by atoms with Gasteiger partial charge in [-0.25, -0.2) is 0 Å². The van der Waals surface area contributed by atoms with Crippen LogP contribution in [0.15, 0.2) is 60.8 Å². The summed E-state index contributed by atoms with van der Waals surface area (Å²) in [5.41, 5.74) is 3.96. The van der Waals surface area contributed by atoms with Gasteiger partial charge in [0.15, 0.2) is 0 Å². The third-order valence-corrected chi connectivity index (χ3v) is 8.46. The zero-order valence-corrected chi connectivity index (χ0v) is 22.8. The third kappa shape index (κ3) is 5.68. The van der Waals surface area contributed by atoms with E-state index in [1.807, 2.05) is 11.9 Å². The van der Waals surface area contributed by atoms with Gasteiger partial charge >= 0.3 is 0 Å². The Morgan fingerprint density at radius 1 is 1.00 bits per heavy atom. The van der Waals surface area contributed by atoms with Gasteiger partial charge in [-0.3, -0.25) is 9.69 Å². The molecule has 1 aliphatic heterocycles. The lowest BCUT2D eigenvalue weighted by atomic mass is 9.80. The number of benzene rings is 2. The van der Waals surface area contributed by atoms with Gasteiger partial charge in [0.1, 0.15) is 0 Å². The summed E-state index contributed by atoms with van der Waals surface area (Å²) < 4.78 is 0. The maximum Gasteiger partial charge on any atom is 0.222 e. The number of hydrogen-bond donors (Lipinski definition) is 1. The van der Waals surface area contributed by atoms with Gasteiger partial charge in [-0.2, -0.15) is 0 Å². The minimum absolute atomic E-state index is 0.124. The summed E-state index contributed by atoms with van der Waals surface area (Å²) in [5, 5.41) is 1.24. The number of rotatable bonds is 10. The average Bonchev–Trinajstić information content (AvgIpc) is 3.31. The molecule has 0 spiro atoms. The van der Waals surface area contributed by atoms with Crippen LogP contribution in [0.5, 0.6) is 0 Å². The van der Waals surface area contributed by atoms with Gasteiger partial charge in [0.2, 0.25) is 5.91 Å². The standard InChI is InChI=1S/C31H44N4O/c1-24(2)27(28-23-32-29-15-10-9-14-26(28)29)22-30(36)34(5)18-11-19-35-20-16-31(17-21-35,33(3)4)25-12-7-6-8-13-25/h6-10,12-15,23-24,27,32H,11,16-22H2,1-5H3. The molecule has 1 fully saturated rings. The van der Waals surface area contributed by atoms with E-state index in [1.165, 1.54) is 16.5 Å². The van der Waals surface area contributed by atoms with Gasteiger partial charge in [-0.1, -0.05) is 62.4 Å². The Kier molecular flexibility index (Phi) is 8.53. The molecule has 0 radical (unpaired) electrons. The molecule has 194 valence electrons. The Morgan fingerprint density at radius 2 is 1.67 bits per heavy atom. The van der Waals surface area contributed by atoms with Crippen molar-refractivity contribution in [1.29, 1.82) is 0 Å². The number of H-pyrrole nitrogens is 1. The van der Waals surface area contributed by atoms with Gasteiger partial charge in [0.25, 0.3) is 0 Å². The van der Waals surface area contributed by atoms with Crippen LogP contribution in [0.4, 0.5) is 0 Å². The summed E-state index contributed by atoms with van der Waals surface area (Å²) in [6, 6.07) is 19.4. The Labute approximate surface area is 217 Å². The third-order valence-electron chi connectivity index (χ3n) is 8.46. The number of hydrogen-bond acceptors (Lipinski definition) is 3. The molecule has 2 heterocycles. The van der Waals surface area contributed by atoms with E-state index < -0.39 is 0 Å². The molecular formula is C31H44N4O. The summed E-state index contributed by atoms with van der Waals surface area (Å²) in [7, 11) is 6.39. The Hall–Kier alpha value is -2.63. The van der Waals surface area contributed by atoms with E-state index in [4.69, 9.17) is 0 Å². The number of likely N-dealkylation sites (tertiary alicyclic amines) is 1. The predicted molar refractivity (Wildman–Crippen MR) is 150 cm³/mol. The van der Waals surface area contributed by atoms with Gasteiger partial charge in [0, 0.05) is 55.7 Å². The lowest BCUT2D eigenvalue weighted by molar-refractivity contribution is -0.130. The fourth-order valence-electron chi connectivity index (χ4n) is 5.99. The second kappa shape index (κ2) is 11.6. The molecule has 0 aliphatic carbocycles.